The molecule has 3 rings (SSSR count). The zero-order valence-corrected chi connectivity index (χ0v) is 15.5. The lowest BCUT2D eigenvalue weighted by atomic mass is 10.2. The third kappa shape index (κ3) is 3.23. The molecule has 1 atom stereocenters. The molecule has 2 aromatic rings. The van der Waals surface area contributed by atoms with Crippen LogP contribution < -0.4 is 4.57 Å². The Balaban J connectivity index is 2.06. The van der Waals surface area contributed by atoms with Gasteiger partial charge in [-0.3, -0.25) is 0 Å². The Labute approximate surface area is 145 Å². The van der Waals surface area contributed by atoms with E-state index < -0.39 is 0 Å². The molecule has 0 aliphatic carbocycles. The van der Waals surface area contributed by atoms with Crippen molar-refractivity contribution in [3.63, 3.8) is 0 Å². The fourth-order valence-corrected chi connectivity index (χ4v) is 3.41. The minimum absolute atomic E-state index is 0.379. The molecule has 0 fully saturated rings. The van der Waals surface area contributed by atoms with Gasteiger partial charge in [-0.25, -0.2) is 9.88 Å². The molecule has 4 nitrogen and oxygen atoms in total. The summed E-state index contributed by atoms with van der Waals surface area (Å²) >= 11 is 0. The van der Waals surface area contributed by atoms with Gasteiger partial charge in [0.1, 0.15) is 11.7 Å². The molecule has 1 unspecified atom stereocenters. The Morgan fingerprint density at radius 3 is 2.50 bits per heavy atom. The maximum Gasteiger partial charge on any atom is 0.299 e. The van der Waals surface area contributed by atoms with Crippen LogP contribution in [0.5, 0.6) is 0 Å². The zero-order chi connectivity index (χ0) is 17.3. The van der Waals surface area contributed by atoms with Crippen LogP contribution in [0.4, 0.5) is 0 Å². The van der Waals surface area contributed by atoms with Crippen molar-refractivity contribution in [1.29, 1.82) is 0 Å². The van der Waals surface area contributed by atoms with E-state index in [0.717, 1.165) is 24.1 Å². The van der Waals surface area contributed by atoms with Crippen molar-refractivity contribution >= 4 is 16.9 Å². The van der Waals surface area contributed by atoms with E-state index in [9.17, 15) is 0 Å². The van der Waals surface area contributed by atoms with Crippen molar-refractivity contribution in [3.8, 4) is 0 Å². The van der Waals surface area contributed by atoms with Crippen LogP contribution >= 0.6 is 0 Å². The molecule has 2 heterocycles. The molecule has 0 bridgehead atoms. The Bertz CT molecular complexity index is 730. The smallest absolute Gasteiger partial charge is 0.299 e. The first-order valence-electron chi connectivity index (χ1n) is 8.97. The molecule has 1 aromatic heterocycles. The number of hydrogen-bond donors (Lipinski definition) is 0. The Morgan fingerprint density at radius 1 is 1.08 bits per heavy atom. The fourth-order valence-electron chi connectivity index (χ4n) is 3.41. The van der Waals surface area contributed by atoms with Crippen LogP contribution in [0.1, 0.15) is 34.6 Å². The molecule has 4 heteroatoms. The number of para-hydroxylation sites is 2. The zero-order valence-electron chi connectivity index (χ0n) is 15.5. The largest absolute Gasteiger partial charge is 0.332 e. The minimum Gasteiger partial charge on any atom is -0.332 e. The van der Waals surface area contributed by atoms with Crippen LogP contribution in [-0.4, -0.2) is 34.0 Å². The summed E-state index contributed by atoms with van der Waals surface area (Å²) in [5, 5.41) is 0. The summed E-state index contributed by atoms with van der Waals surface area (Å²) in [6, 6.07) is 8.34. The van der Waals surface area contributed by atoms with Crippen molar-refractivity contribution in [1.82, 2.24) is 14.8 Å². The number of hydrogen-bond acceptors (Lipinski definition) is 3. The van der Waals surface area contributed by atoms with Crippen LogP contribution in [0.2, 0.25) is 0 Å². The molecule has 1 aliphatic heterocycles. The summed E-state index contributed by atoms with van der Waals surface area (Å²) in [6.07, 6.45) is 6.67. The maximum absolute atomic E-state index is 4.51. The second-order valence-corrected chi connectivity index (χ2v) is 7.54. The number of aromatic nitrogens is 2. The molecule has 24 heavy (non-hydrogen) atoms. The highest BCUT2D eigenvalue weighted by atomic mass is 15.4. The van der Waals surface area contributed by atoms with E-state index in [1.54, 1.807) is 0 Å². The van der Waals surface area contributed by atoms with Gasteiger partial charge in [-0.1, -0.05) is 39.8 Å². The minimum atomic E-state index is 0.379. The fraction of sp³-hybridized carbons (Fsp3) is 0.500. The first-order chi connectivity index (χ1) is 11.5. The predicted molar refractivity (Wildman–Crippen MR) is 98.8 cm³/mol. The van der Waals surface area contributed by atoms with E-state index in [1.165, 1.54) is 5.82 Å². The topological polar surface area (TPSA) is 23.2 Å². The highest BCUT2D eigenvalue weighted by Crippen LogP contribution is 2.25. The lowest BCUT2D eigenvalue weighted by Gasteiger charge is -2.27. The van der Waals surface area contributed by atoms with Crippen molar-refractivity contribution in [2.24, 2.45) is 11.8 Å². The van der Waals surface area contributed by atoms with Gasteiger partial charge in [-0.2, -0.15) is 4.57 Å². The number of benzene rings is 1. The molecule has 0 spiro atoms. The van der Waals surface area contributed by atoms with E-state index in [-0.39, 0.29) is 0 Å². The van der Waals surface area contributed by atoms with E-state index in [2.05, 4.69) is 84.6 Å². The van der Waals surface area contributed by atoms with Gasteiger partial charge in [0.05, 0.1) is 18.9 Å². The van der Waals surface area contributed by atoms with E-state index in [0.29, 0.717) is 18.0 Å². The predicted octanol–water partition coefficient (Wildman–Crippen LogP) is 3.55. The lowest BCUT2D eigenvalue weighted by Crippen LogP contribution is -2.46. The van der Waals surface area contributed by atoms with E-state index >= 15 is 0 Å². The number of fused-ring (bicyclic) bond motifs is 1. The van der Waals surface area contributed by atoms with Crippen molar-refractivity contribution in [2.45, 2.75) is 40.8 Å². The molecular formula is C20H29N4+. The SMILES string of the molecule is CC(C)CN1C=C([n+]2ccnc3ccccc32)N(CC(C)C)C1C. The normalized spacial score (nSPS) is 18.1. The lowest BCUT2D eigenvalue weighted by molar-refractivity contribution is -0.564. The average Bonchev–Trinajstić information content (AvgIpc) is 2.82. The molecule has 0 N–H and O–H groups in total. The summed E-state index contributed by atoms with van der Waals surface area (Å²) in [5.41, 5.74) is 2.18. The molecule has 0 saturated heterocycles. The van der Waals surface area contributed by atoms with Crippen LogP contribution in [0.3, 0.4) is 0 Å². The molecule has 128 valence electrons. The number of rotatable bonds is 5. The Hall–Kier alpha value is -2.10. The summed E-state index contributed by atoms with van der Waals surface area (Å²) in [7, 11) is 0. The first-order valence-corrected chi connectivity index (χ1v) is 8.97. The van der Waals surface area contributed by atoms with Crippen LogP contribution in [-0.2, 0) is 0 Å². The van der Waals surface area contributed by atoms with Gasteiger partial charge in [-0.05, 0) is 30.9 Å². The molecular weight excluding hydrogens is 296 g/mol. The van der Waals surface area contributed by atoms with Crippen molar-refractivity contribution < 1.29 is 4.57 Å². The summed E-state index contributed by atoms with van der Waals surface area (Å²) < 4.78 is 2.28. The van der Waals surface area contributed by atoms with Gasteiger partial charge < -0.3 is 4.90 Å². The number of nitrogens with zero attached hydrogens (tertiary/aromatic N) is 4. The maximum atomic E-state index is 4.51. The Morgan fingerprint density at radius 2 is 1.79 bits per heavy atom. The Kier molecular flexibility index (Phi) is 4.74. The first kappa shape index (κ1) is 16.7. The standard InChI is InChI=1S/C20H29N4/c1-15(2)12-22-14-20(24(17(22)5)13-16(3)4)23-11-10-21-18-8-6-7-9-19(18)23/h6-11,14-17H,12-13H2,1-5H3/q+1. The van der Waals surface area contributed by atoms with E-state index in [1.807, 2.05) is 12.3 Å². The third-order valence-corrected chi connectivity index (χ3v) is 4.46. The van der Waals surface area contributed by atoms with E-state index in [4.69, 9.17) is 0 Å². The summed E-state index contributed by atoms with van der Waals surface area (Å²) in [4.78, 5) is 9.48. The summed E-state index contributed by atoms with van der Waals surface area (Å²) in [6.45, 7) is 13.5. The highest BCUT2D eigenvalue weighted by molar-refractivity contribution is 5.71. The monoisotopic (exact) mass is 325 g/mol. The third-order valence-electron chi connectivity index (χ3n) is 4.46. The van der Waals surface area contributed by atoms with Gasteiger partial charge in [0.2, 0.25) is 0 Å². The van der Waals surface area contributed by atoms with Gasteiger partial charge in [0.25, 0.3) is 5.82 Å². The molecule has 0 amide bonds. The second kappa shape index (κ2) is 6.80. The molecule has 1 aromatic carbocycles. The van der Waals surface area contributed by atoms with Crippen LogP contribution in [0.25, 0.3) is 16.9 Å². The quantitative estimate of drug-likeness (QED) is 0.785. The highest BCUT2D eigenvalue weighted by Gasteiger charge is 2.38. The van der Waals surface area contributed by atoms with Gasteiger partial charge in [0, 0.05) is 6.54 Å². The van der Waals surface area contributed by atoms with Crippen LogP contribution in [0.15, 0.2) is 42.9 Å². The van der Waals surface area contributed by atoms with Crippen LogP contribution in [0, 0.1) is 11.8 Å². The molecule has 0 radical (unpaired) electrons. The summed E-state index contributed by atoms with van der Waals surface area (Å²) in [5.74, 6) is 2.50. The van der Waals surface area contributed by atoms with Crippen molar-refractivity contribution in [2.75, 3.05) is 13.1 Å². The van der Waals surface area contributed by atoms with Gasteiger partial charge >= 0.3 is 0 Å². The van der Waals surface area contributed by atoms with Crippen molar-refractivity contribution in [3.05, 3.63) is 42.9 Å². The molecule has 0 saturated carbocycles. The van der Waals surface area contributed by atoms with Gasteiger partial charge in [-0.15, -0.1) is 0 Å². The van der Waals surface area contributed by atoms with Gasteiger partial charge in [0.15, 0.2) is 11.7 Å². The second-order valence-electron chi connectivity index (χ2n) is 7.54. The average molecular weight is 325 g/mol. The molecule has 1 aliphatic rings.